The average Bonchev–Trinajstić information content (AvgIpc) is 2.29. The van der Waals surface area contributed by atoms with Crippen LogP contribution in [-0.4, -0.2) is 17.4 Å². The summed E-state index contributed by atoms with van der Waals surface area (Å²) in [6.07, 6.45) is 1.88. The molecule has 1 aromatic rings. The highest BCUT2D eigenvalue weighted by Crippen LogP contribution is 2.20. The topological polar surface area (TPSA) is 29.4 Å². The van der Waals surface area contributed by atoms with Gasteiger partial charge in [0.2, 0.25) is 0 Å². The molecule has 0 aliphatic heterocycles. The summed E-state index contributed by atoms with van der Waals surface area (Å²) in [4.78, 5) is 15.8. The van der Waals surface area contributed by atoms with Crippen LogP contribution in [0.1, 0.15) is 37.0 Å². The van der Waals surface area contributed by atoms with Crippen molar-refractivity contribution in [3.8, 4) is 0 Å². The standard InChI is InChI=1S/C13H16ClNO/c1-3-6-11(9-14)15-13-8-5-4-7-12(13)10(2)16/h4-5,7-8H,3,6,9H2,1-2H3. The fourth-order valence-corrected chi connectivity index (χ4v) is 1.67. The van der Waals surface area contributed by atoms with Crippen molar-refractivity contribution < 1.29 is 4.79 Å². The molecule has 0 unspecified atom stereocenters. The fourth-order valence-electron chi connectivity index (χ4n) is 1.48. The van der Waals surface area contributed by atoms with Gasteiger partial charge in [-0.25, -0.2) is 0 Å². The van der Waals surface area contributed by atoms with E-state index in [1.165, 1.54) is 0 Å². The van der Waals surface area contributed by atoms with E-state index in [-0.39, 0.29) is 5.78 Å². The van der Waals surface area contributed by atoms with Gasteiger partial charge in [-0.2, -0.15) is 0 Å². The first kappa shape index (κ1) is 12.9. The van der Waals surface area contributed by atoms with Gasteiger partial charge in [0.25, 0.3) is 0 Å². The number of alkyl halides is 1. The molecule has 0 bridgehead atoms. The van der Waals surface area contributed by atoms with Crippen molar-refractivity contribution in [1.82, 2.24) is 0 Å². The minimum absolute atomic E-state index is 0.0322. The Morgan fingerprint density at radius 3 is 2.62 bits per heavy atom. The van der Waals surface area contributed by atoms with Gasteiger partial charge in [0.15, 0.2) is 5.78 Å². The van der Waals surface area contributed by atoms with Crippen molar-refractivity contribution in [2.45, 2.75) is 26.7 Å². The highest BCUT2D eigenvalue weighted by Gasteiger charge is 2.06. The van der Waals surface area contributed by atoms with E-state index >= 15 is 0 Å². The number of benzene rings is 1. The van der Waals surface area contributed by atoms with E-state index in [9.17, 15) is 4.79 Å². The maximum atomic E-state index is 11.4. The van der Waals surface area contributed by atoms with Crippen LogP contribution in [0.15, 0.2) is 29.3 Å². The smallest absolute Gasteiger partial charge is 0.161 e. The molecule has 2 nitrogen and oxygen atoms in total. The first-order valence-electron chi connectivity index (χ1n) is 5.41. The summed E-state index contributed by atoms with van der Waals surface area (Å²) in [5, 5.41) is 0. The lowest BCUT2D eigenvalue weighted by atomic mass is 10.1. The molecule has 0 spiro atoms. The van der Waals surface area contributed by atoms with E-state index in [1.807, 2.05) is 18.2 Å². The number of hydrogen-bond acceptors (Lipinski definition) is 2. The molecule has 0 saturated carbocycles. The molecule has 0 aliphatic carbocycles. The first-order chi connectivity index (χ1) is 7.69. The molecule has 0 atom stereocenters. The van der Waals surface area contributed by atoms with Crippen LogP contribution in [0.3, 0.4) is 0 Å². The lowest BCUT2D eigenvalue weighted by Crippen LogP contribution is -2.00. The van der Waals surface area contributed by atoms with Gasteiger partial charge in [-0.1, -0.05) is 25.5 Å². The SMILES string of the molecule is CCCC(CCl)=Nc1ccccc1C(C)=O. The van der Waals surface area contributed by atoms with Gasteiger partial charge in [0.1, 0.15) is 0 Å². The molecule has 16 heavy (non-hydrogen) atoms. The second kappa shape index (κ2) is 6.44. The molecule has 0 amide bonds. The van der Waals surface area contributed by atoms with Gasteiger partial charge in [0.05, 0.1) is 11.6 Å². The molecule has 0 radical (unpaired) electrons. The van der Waals surface area contributed by atoms with Crippen LogP contribution >= 0.6 is 11.6 Å². The lowest BCUT2D eigenvalue weighted by molar-refractivity contribution is 0.101. The zero-order chi connectivity index (χ0) is 12.0. The summed E-state index contributed by atoms with van der Waals surface area (Å²) in [7, 11) is 0. The quantitative estimate of drug-likeness (QED) is 0.432. The highest BCUT2D eigenvalue weighted by molar-refractivity contribution is 6.28. The van der Waals surface area contributed by atoms with Crippen molar-refractivity contribution >= 4 is 28.8 Å². The van der Waals surface area contributed by atoms with Crippen LogP contribution in [0.25, 0.3) is 0 Å². The number of Topliss-reactive ketones (excluding diaryl/α,β-unsaturated/α-hetero) is 1. The van der Waals surface area contributed by atoms with E-state index in [0.717, 1.165) is 24.2 Å². The summed E-state index contributed by atoms with van der Waals surface area (Å²) >= 11 is 5.81. The Morgan fingerprint density at radius 1 is 1.38 bits per heavy atom. The van der Waals surface area contributed by atoms with E-state index in [1.54, 1.807) is 13.0 Å². The number of nitrogens with zero attached hydrogens (tertiary/aromatic N) is 1. The Hall–Kier alpha value is -1.15. The lowest BCUT2D eigenvalue weighted by Gasteiger charge is -2.04. The summed E-state index contributed by atoms with van der Waals surface area (Å²) in [5.74, 6) is 0.449. The van der Waals surface area contributed by atoms with Crippen molar-refractivity contribution in [1.29, 1.82) is 0 Å². The van der Waals surface area contributed by atoms with Gasteiger partial charge >= 0.3 is 0 Å². The third-order valence-corrected chi connectivity index (χ3v) is 2.56. The maximum Gasteiger partial charge on any atom is 0.161 e. The summed E-state index contributed by atoms with van der Waals surface area (Å²) in [6.45, 7) is 3.63. The summed E-state index contributed by atoms with van der Waals surface area (Å²) in [6, 6.07) is 7.36. The molecule has 1 rings (SSSR count). The zero-order valence-electron chi connectivity index (χ0n) is 9.66. The Morgan fingerprint density at radius 2 is 2.06 bits per heavy atom. The van der Waals surface area contributed by atoms with Gasteiger partial charge in [0, 0.05) is 11.3 Å². The van der Waals surface area contributed by atoms with Gasteiger partial charge in [-0.15, -0.1) is 11.6 Å². The number of halogens is 1. The van der Waals surface area contributed by atoms with E-state index in [0.29, 0.717) is 11.4 Å². The molecule has 0 aliphatic rings. The number of aliphatic imine (C=N–C) groups is 1. The Kier molecular flexibility index (Phi) is 5.20. The molecule has 1 aromatic carbocycles. The number of carbonyl (C=O) groups is 1. The van der Waals surface area contributed by atoms with Crippen LogP contribution in [0, 0.1) is 0 Å². The molecule has 86 valence electrons. The average molecular weight is 238 g/mol. The summed E-state index contributed by atoms with van der Waals surface area (Å²) < 4.78 is 0. The highest BCUT2D eigenvalue weighted by atomic mass is 35.5. The van der Waals surface area contributed by atoms with Crippen molar-refractivity contribution in [3.05, 3.63) is 29.8 Å². The normalized spacial score (nSPS) is 11.6. The molecule has 0 heterocycles. The number of para-hydroxylation sites is 1. The third kappa shape index (κ3) is 3.46. The predicted molar refractivity (Wildman–Crippen MR) is 69.2 cm³/mol. The zero-order valence-corrected chi connectivity index (χ0v) is 10.4. The largest absolute Gasteiger partial charge is 0.294 e. The van der Waals surface area contributed by atoms with E-state index in [4.69, 9.17) is 11.6 Å². The van der Waals surface area contributed by atoms with Crippen molar-refractivity contribution in [3.63, 3.8) is 0 Å². The summed E-state index contributed by atoms with van der Waals surface area (Å²) in [5.41, 5.74) is 2.30. The Labute approximate surface area is 101 Å². The number of rotatable bonds is 5. The number of ketones is 1. The van der Waals surface area contributed by atoms with Crippen molar-refractivity contribution in [2.75, 3.05) is 5.88 Å². The van der Waals surface area contributed by atoms with Gasteiger partial charge in [-0.3, -0.25) is 9.79 Å². The first-order valence-corrected chi connectivity index (χ1v) is 5.94. The monoisotopic (exact) mass is 237 g/mol. The number of carbonyl (C=O) groups excluding carboxylic acids is 1. The number of hydrogen-bond donors (Lipinski definition) is 0. The van der Waals surface area contributed by atoms with Crippen molar-refractivity contribution in [2.24, 2.45) is 4.99 Å². The molecule has 0 saturated heterocycles. The van der Waals surface area contributed by atoms with Crippen LogP contribution in [0.5, 0.6) is 0 Å². The maximum absolute atomic E-state index is 11.4. The van der Waals surface area contributed by atoms with Crippen LogP contribution in [-0.2, 0) is 0 Å². The molecular weight excluding hydrogens is 222 g/mol. The van der Waals surface area contributed by atoms with E-state index < -0.39 is 0 Å². The van der Waals surface area contributed by atoms with E-state index in [2.05, 4.69) is 11.9 Å². The predicted octanol–water partition coefficient (Wildman–Crippen LogP) is 4.00. The molecule has 3 heteroatoms. The fraction of sp³-hybridized carbons (Fsp3) is 0.385. The Balaban J connectivity index is 3.07. The molecule has 0 fully saturated rings. The van der Waals surface area contributed by atoms with Gasteiger partial charge < -0.3 is 0 Å². The second-order valence-corrected chi connectivity index (χ2v) is 3.90. The second-order valence-electron chi connectivity index (χ2n) is 3.63. The van der Waals surface area contributed by atoms with Crippen LogP contribution in [0.4, 0.5) is 5.69 Å². The van der Waals surface area contributed by atoms with Crippen LogP contribution in [0.2, 0.25) is 0 Å². The molecule has 0 aromatic heterocycles. The minimum atomic E-state index is 0.0322. The van der Waals surface area contributed by atoms with Crippen LogP contribution < -0.4 is 0 Å². The molecular formula is C13H16ClNO. The molecule has 0 N–H and O–H groups in total. The van der Waals surface area contributed by atoms with Gasteiger partial charge in [-0.05, 0) is 25.5 Å². The Bertz CT molecular complexity index is 399. The third-order valence-electron chi connectivity index (χ3n) is 2.25. The minimum Gasteiger partial charge on any atom is -0.294 e.